The standard InChI is InChI=1S/C15H21N5OS/c1-20-14(11-4-3-6-16-9-11)18-19-15(20)22-10-12-8-13(21-2)5-7-17-12/h5,7-8,11,16H,3-4,6,9-10H2,1-2H3/t11-/m1/s1. The van der Waals surface area contributed by atoms with Crippen LogP contribution in [0.4, 0.5) is 0 Å². The maximum Gasteiger partial charge on any atom is 0.191 e. The van der Waals surface area contributed by atoms with Crippen molar-refractivity contribution in [3.63, 3.8) is 0 Å². The van der Waals surface area contributed by atoms with Gasteiger partial charge in [0.2, 0.25) is 0 Å². The molecule has 1 N–H and O–H groups in total. The highest BCUT2D eigenvalue weighted by molar-refractivity contribution is 7.98. The Bertz CT molecular complexity index is 624. The van der Waals surface area contributed by atoms with Crippen LogP contribution in [0.15, 0.2) is 23.5 Å². The first-order valence-electron chi connectivity index (χ1n) is 7.49. The summed E-state index contributed by atoms with van der Waals surface area (Å²) in [5.41, 5.74) is 0.980. The number of piperidine rings is 1. The minimum atomic E-state index is 0.468. The summed E-state index contributed by atoms with van der Waals surface area (Å²) >= 11 is 1.66. The van der Waals surface area contributed by atoms with E-state index < -0.39 is 0 Å². The molecule has 22 heavy (non-hydrogen) atoms. The van der Waals surface area contributed by atoms with Crippen LogP contribution >= 0.6 is 11.8 Å². The van der Waals surface area contributed by atoms with Crippen molar-refractivity contribution in [1.29, 1.82) is 0 Å². The third kappa shape index (κ3) is 3.41. The van der Waals surface area contributed by atoms with Gasteiger partial charge in [-0.3, -0.25) is 4.98 Å². The topological polar surface area (TPSA) is 64.9 Å². The SMILES string of the molecule is COc1ccnc(CSc2nnc([C@@H]3CCCNC3)n2C)c1. The third-order valence-electron chi connectivity index (χ3n) is 3.90. The van der Waals surface area contributed by atoms with E-state index in [1.165, 1.54) is 12.8 Å². The molecule has 3 rings (SSSR count). The second kappa shape index (κ2) is 7.11. The lowest BCUT2D eigenvalue weighted by atomic mass is 9.99. The maximum absolute atomic E-state index is 5.22. The Hall–Kier alpha value is -1.60. The molecule has 118 valence electrons. The van der Waals surface area contributed by atoms with Crippen molar-refractivity contribution >= 4 is 11.8 Å². The molecule has 0 spiro atoms. The van der Waals surface area contributed by atoms with Gasteiger partial charge in [-0.15, -0.1) is 10.2 Å². The number of ether oxygens (including phenoxy) is 1. The van der Waals surface area contributed by atoms with Gasteiger partial charge in [0, 0.05) is 37.5 Å². The van der Waals surface area contributed by atoms with E-state index in [0.717, 1.165) is 41.3 Å². The highest BCUT2D eigenvalue weighted by Gasteiger charge is 2.21. The van der Waals surface area contributed by atoms with Crippen LogP contribution in [0.25, 0.3) is 0 Å². The number of hydrogen-bond donors (Lipinski definition) is 1. The van der Waals surface area contributed by atoms with E-state index in [1.54, 1.807) is 25.1 Å². The van der Waals surface area contributed by atoms with Crippen LogP contribution in [0.2, 0.25) is 0 Å². The normalized spacial score (nSPS) is 18.4. The van der Waals surface area contributed by atoms with Gasteiger partial charge in [0.15, 0.2) is 5.16 Å². The second-order valence-corrected chi connectivity index (χ2v) is 6.36. The summed E-state index contributed by atoms with van der Waals surface area (Å²) in [6.45, 7) is 2.10. The highest BCUT2D eigenvalue weighted by atomic mass is 32.2. The van der Waals surface area contributed by atoms with Gasteiger partial charge in [0.25, 0.3) is 0 Å². The third-order valence-corrected chi connectivity index (χ3v) is 4.96. The average molecular weight is 319 g/mol. The minimum Gasteiger partial charge on any atom is -0.497 e. The Morgan fingerprint density at radius 2 is 2.36 bits per heavy atom. The lowest BCUT2D eigenvalue weighted by molar-refractivity contribution is 0.413. The number of rotatable bonds is 5. The molecule has 0 radical (unpaired) electrons. The first kappa shape index (κ1) is 15.3. The van der Waals surface area contributed by atoms with Crippen LogP contribution < -0.4 is 10.1 Å². The molecule has 6 nitrogen and oxygen atoms in total. The lowest BCUT2D eigenvalue weighted by Gasteiger charge is -2.21. The molecular formula is C15H21N5OS. The van der Waals surface area contributed by atoms with Gasteiger partial charge in [-0.1, -0.05) is 11.8 Å². The predicted octanol–water partition coefficient (Wildman–Crippen LogP) is 1.98. The highest BCUT2D eigenvalue weighted by Crippen LogP contribution is 2.26. The molecule has 1 saturated heterocycles. The number of thioether (sulfide) groups is 1. The number of aromatic nitrogens is 4. The van der Waals surface area contributed by atoms with Crippen LogP contribution in [0.3, 0.4) is 0 Å². The summed E-state index contributed by atoms with van der Waals surface area (Å²) in [5.74, 6) is 3.13. The van der Waals surface area contributed by atoms with Gasteiger partial charge in [-0.25, -0.2) is 0 Å². The Morgan fingerprint density at radius 1 is 1.45 bits per heavy atom. The monoisotopic (exact) mass is 319 g/mol. The molecule has 1 aliphatic heterocycles. The Kier molecular flexibility index (Phi) is 4.94. The number of hydrogen-bond acceptors (Lipinski definition) is 6. The molecule has 0 saturated carbocycles. The van der Waals surface area contributed by atoms with Gasteiger partial charge in [0.05, 0.1) is 12.8 Å². The summed E-state index contributed by atoms with van der Waals surface area (Å²) in [5, 5.41) is 13.1. The van der Waals surface area contributed by atoms with Crippen molar-refractivity contribution in [1.82, 2.24) is 25.1 Å². The number of nitrogens with one attached hydrogen (secondary N) is 1. The van der Waals surface area contributed by atoms with Crippen molar-refractivity contribution in [3.8, 4) is 5.75 Å². The molecule has 1 aliphatic rings. The fraction of sp³-hybridized carbons (Fsp3) is 0.533. The van der Waals surface area contributed by atoms with Crippen LogP contribution in [-0.2, 0) is 12.8 Å². The Balaban J connectivity index is 1.66. The smallest absolute Gasteiger partial charge is 0.191 e. The molecule has 0 amide bonds. The Morgan fingerprint density at radius 3 is 3.14 bits per heavy atom. The van der Waals surface area contributed by atoms with Crippen molar-refractivity contribution in [2.24, 2.45) is 7.05 Å². The lowest BCUT2D eigenvalue weighted by Crippen LogP contribution is -2.29. The van der Waals surface area contributed by atoms with Gasteiger partial charge >= 0.3 is 0 Å². The van der Waals surface area contributed by atoms with Gasteiger partial charge in [-0.2, -0.15) is 0 Å². The van der Waals surface area contributed by atoms with Crippen molar-refractivity contribution in [2.75, 3.05) is 20.2 Å². The quantitative estimate of drug-likeness (QED) is 0.850. The molecule has 0 aliphatic carbocycles. The predicted molar refractivity (Wildman–Crippen MR) is 86.2 cm³/mol. The van der Waals surface area contributed by atoms with E-state index >= 15 is 0 Å². The summed E-state index contributed by atoms with van der Waals surface area (Å²) in [6.07, 6.45) is 4.15. The summed E-state index contributed by atoms with van der Waals surface area (Å²) in [6, 6.07) is 3.81. The zero-order valence-corrected chi connectivity index (χ0v) is 13.8. The van der Waals surface area contributed by atoms with Crippen LogP contribution in [0.5, 0.6) is 5.75 Å². The van der Waals surface area contributed by atoms with Crippen LogP contribution in [0, 0.1) is 0 Å². The van der Waals surface area contributed by atoms with E-state index in [-0.39, 0.29) is 0 Å². The zero-order chi connectivity index (χ0) is 15.4. The van der Waals surface area contributed by atoms with Crippen molar-refractivity contribution in [2.45, 2.75) is 29.7 Å². The molecule has 0 unspecified atom stereocenters. The van der Waals surface area contributed by atoms with E-state index in [4.69, 9.17) is 4.74 Å². The van der Waals surface area contributed by atoms with Crippen molar-refractivity contribution in [3.05, 3.63) is 29.8 Å². The molecule has 3 heterocycles. The summed E-state index contributed by atoms with van der Waals surface area (Å²) in [7, 11) is 3.71. The number of nitrogens with zero attached hydrogens (tertiary/aromatic N) is 4. The van der Waals surface area contributed by atoms with E-state index in [1.807, 2.05) is 19.2 Å². The van der Waals surface area contributed by atoms with Gasteiger partial charge in [0.1, 0.15) is 11.6 Å². The largest absolute Gasteiger partial charge is 0.497 e. The summed E-state index contributed by atoms with van der Waals surface area (Å²) in [4.78, 5) is 4.36. The first-order chi connectivity index (χ1) is 10.8. The fourth-order valence-corrected chi connectivity index (χ4v) is 3.50. The van der Waals surface area contributed by atoms with Crippen LogP contribution in [-0.4, -0.2) is 39.9 Å². The summed E-state index contributed by atoms with van der Waals surface area (Å²) < 4.78 is 7.34. The zero-order valence-electron chi connectivity index (χ0n) is 13.0. The van der Waals surface area contributed by atoms with Gasteiger partial charge in [-0.05, 0) is 25.5 Å². The van der Waals surface area contributed by atoms with E-state index in [0.29, 0.717) is 5.92 Å². The second-order valence-electron chi connectivity index (χ2n) is 5.42. The molecule has 0 aromatic carbocycles. The minimum absolute atomic E-state index is 0.468. The molecule has 0 bridgehead atoms. The molecule has 2 aromatic rings. The number of methoxy groups -OCH3 is 1. The fourth-order valence-electron chi connectivity index (χ4n) is 2.68. The maximum atomic E-state index is 5.22. The molecule has 7 heteroatoms. The average Bonchev–Trinajstić information content (AvgIpc) is 2.95. The molecule has 1 fully saturated rings. The first-order valence-corrected chi connectivity index (χ1v) is 8.48. The molecule has 2 aromatic heterocycles. The van der Waals surface area contributed by atoms with E-state index in [9.17, 15) is 0 Å². The van der Waals surface area contributed by atoms with Crippen LogP contribution in [0.1, 0.15) is 30.3 Å². The van der Waals surface area contributed by atoms with Crippen molar-refractivity contribution < 1.29 is 4.74 Å². The Labute approximate surface area is 134 Å². The van der Waals surface area contributed by atoms with E-state index in [2.05, 4.69) is 25.1 Å². The number of pyridine rings is 1. The molecule has 1 atom stereocenters. The van der Waals surface area contributed by atoms with Gasteiger partial charge < -0.3 is 14.6 Å². The molecular weight excluding hydrogens is 298 g/mol.